The number of hydrogen-bond acceptors (Lipinski definition) is 0. The van der Waals surface area contributed by atoms with E-state index in [0.717, 1.165) is 25.7 Å². The van der Waals surface area contributed by atoms with Crippen LogP contribution in [0.15, 0.2) is 154 Å². The summed E-state index contributed by atoms with van der Waals surface area (Å²) < 4.78 is 0. The van der Waals surface area contributed by atoms with Crippen molar-refractivity contribution in [3.63, 3.8) is 0 Å². The van der Waals surface area contributed by atoms with Crippen molar-refractivity contribution in [3.8, 4) is 0 Å². The maximum atomic E-state index is 2.30. The predicted octanol–water partition coefficient (Wildman–Crippen LogP) is 12.9. The first-order valence-corrected chi connectivity index (χ1v) is 14.7. The van der Waals surface area contributed by atoms with Gasteiger partial charge in [0.2, 0.25) is 0 Å². The van der Waals surface area contributed by atoms with Gasteiger partial charge >= 0.3 is 0 Å². The molecule has 0 radical (unpaired) electrons. The Hall–Kier alpha value is -3.38. The van der Waals surface area contributed by atoms with Crippen LogP contribution < -0.4 is 0 Å². The van der Waals surface area contributed by atoms with Crippen molar-refractivity contribution in [1.82, 2.24) is 0 Å². The van der Waals surface area contributed by atoms with E-state index in [2.05, 4.69) is 179 Å². The smallest absolute Gasteiger partial charge is 0.0285 e. The molecule has 0 N–H and O–H groups in total. The lowest BCUT2D eigenvalue weighted by atomic mass is 10.1. The van der Waals surface area contributed by atoms with Crippen LogP contribution in [0.25, 0.3) is 0 Å². The van der Waals surface area contributed by atoms with Gasteiger partial charge in [-0.05, 0) is 94.9 Å². The SMILES string of the molecule is CC(C)=CCC\C(C)=C/C=C/C(C)=C\C=C/C(C)=C\C=C/C=C(C)/C=C/C=C(C)/C=C/C=C(\C)CCC=C(C)C. The van der Waals surface area contributed by atoms with Crippen molar-refractivity contribution in [2.24, 2.45) is 0 Å². The monoisotopic (exact) mass is 536 g/mol. The van der Waals surface area contributed by atoms with E-state index in [1.165, 1.54) is 44.6 Å². The lowest BCUT2D eigenvalue weighted by Gasteiger charge is -1.96. The molecule has 0 aromatic heterocycles. The van der Waals surface area contributed by atoms with Crippen molar-refractivity contribution in [2.45, 2.75) is 94.9 Å². The molecule has 0 aliphatic carbocycles. The van der Waals surface area contributed by atoms with E-state index in [1.807, 2.05) is 0 Å². The summed E-state index contributed by atoms with van der Waals surface area (Å²) in [6.45, 7) is 21.5. The van der Waals surface area contributed by atoms with Crippen LogP contribution in [-0.2, 0) is 0 Å². The van der Waals surface area contributed by atoms with Crippen molar-refractivity contribution in [1.29, 1.82) is 0 Å². The van der Waals surface area contributed by atoms with Gasteiger partial charge in [0.1, 0.15) is 0 Å². The van der Waals surface area contributed by atoms with E-state index < -0.39 is 0 Å². The van der Waals surface area contributed by atoms with Gasteiger partial charge in [-0.15, -0.1) is 0 Å². The average molecular weight is 537 g/mol. The Bertz CT molecular complexity index is 1050. The highest BCUT2D eigenvalue weighted by atomic mass is 13.9. The van der Waals surface area contributed by atoms with Crippen molar-refractivity contribution < 1.29 is 0 Å². The Labute approximate surface area is 248 Å². The van der Waals surface area contributed by atoms with E-state index in [1.54, 1.807) is 0 Å². The fraction of sp³-hybridized carbons (Fsp3) is 0.350. The zero-order valence-corrected chi connectivity index (χ0v) is 27.2. The molecule has 0 aromatic rings. The van der Waals surface area contributed by atoms with Gasteiger partial charge in [-0.25, -0.2) is 0 Å². The van der Waals surface area contributed by atoms with E-state index in [0.29, 0.717) is 0 Å². The van der Waals surface area contributed by atoms with Gasteiger partial charge in [-0.2, -0.15) is 0 Å². The maximum Gasteiger partial charge on any atom is -0.0285 e. The molecule has 0 fully saturated rings. The third-order valence-corrected chi connectivity index (χ3v) is 5.93. The quantitative estimate of drug-likeness (QED) is 0.136. The van der Waals surface area contributed by atoms with Gasteiger partial charge in [0.05, 0.1) is 0 Å². The number of allylic oxidation sites excluding steroid dienone is 26. The summed E-state index contributed by atoms with van der Waals surface area (Å²) in [5.41, 5.74) is 10.5. The highest BCUT2D eigenvalue weighted by Crippen LogP contribution is 2.09. The lowest BCUT2D eigenvalue weighted by Crippen LogP contribution is -1.76. The molecule has 0 saturated carbocycles. The Morgan fingerprint density at radius 1 is 0.350 bits per heavy atom. The largest absolute Gasteiger partial charge is 0.0856 e. The molecule has 0 aliphatic heterocycles. The normalized spacial score (nSPS) is 15.1. The molecule has 0 saturated heterocycles. The minimum Gasteiger partial charge on any atom is -0.0856 e. The Morgan fingerprint density at radius 3 is 0.925 bits per heavy atom. The van der Waals surface area contributed by atoms with Crippen molar-refractivity contribution >= 4 is 0 Å². The fourth-order valence-electron chi connectivity index (χ4n) is 3.41. The predicted molar refractivity (Wildman–Crippen MR) is 186 cm³/mol. The van der Waals surface area contributed by atoms with Gasteiger partial charge in [0.15, 0.2) is 0 Å². The molecule has 0 nitrogen and oxygen atoms in total. The molecule has 0 amide bonds. The van der Waals surface area contributed by atoms with Crippen LogP contribution in [0.4, 0.5) is 0 Å². The molecular weight excluding hydrogens is 480 g/mol. The van der Waals surface area contributed by atoms with E-state index in [9.17, 15) is 0 Å². The maximum absolute atomic E-state index is 2.30. The van der Waals surface area contributed by atoms with Crippen LogP contribution in [0.5, 0.6) is 0 Å². The number of rotatable bonds is 16. The molecule has 0 atom stereocenters. The van der Waals surface area contributed by atoms with Crippen molar-refractivity contribution in [3.05, 3.63) is 154 Å². The van der Waals surface area contributed by atoms with Crippen LogP contribution in [0.3, 0.4) is 0 Å². The first kappa shape index (κ1) is 36.6. The number of hydrogen-bond donors (Lipinski definition) is 0. The highest BCUT2D eigenvalue weighted by molar-refractivity contribution is 5.32. The zero-order chi connectivity index (χ0) is 30.2. The first-order chi connectivity index (χ1) is 19.0. The van der Waals surface area contributed by atoms with E-state index >= 15 is 0 Å². The van der Waals surface area contributed by atoms with Crippen LogP contribution >= 0.6 is 0 Å². The minimum atomic E-state index is 1.12. The van der Waals surface area contributed by atoms with Crippen molar-refractivity contribution in [2.75, 3.05) is 0 Å². The summed E-state index contributed by atoms with van der Waals surface area (Å²) >= 11 is 0. The molecule has 0 heterocycles. The third-order valence-electron chi connectivity index (χ3n) is 5.93. The molecule has 0 spiro atoms. The van der Waals surface area contributed by atoms with Gasteiger partial charge in [-0.1, -0.05) is 154 Å². The first-order valence-electron chi connectivity index (χ1n) is 14.7. The zero-order valence-electron chi connectivity index (χ0n) is 27.2. The molecule has 40 heavy (non-hydrogen) atoms. The van der Waals surface area contributed by atoms with Crippen LogP contribution in [-0.4, -0.2) is 0 Å². The molecule has 0 bridgehead atoms. The lowest BCUT2D eigenvalue weighted by molar-refractivity contribution is 0.967. The Morgan fingerprint density at radius 2 is 0.625 bits per heavy atom. The van der Waals surface area contributed by atoms with E-state index in [-0.39, 0.29) is 0 Å². The second-order valence-corrected chi connectivity index (χ2v) is 11.1. The summed E-state index contributed by atoms with van der Waals surface area (Å²) in [6.07, 6.45) is 43.3. The third kappa shape index (κ3) is 24.9. The molecule has 0 rings (SSSR count). The molecular formula is C40H56. The van der Waals surface area contributed by atoms with Crippen LogP contribution in [0, 0.1) is 0 Å². The van der Waals surface area contributed by atoms with Gasteiger partial charge in [0, 0.05) is 0 Å². The molecule has 0 aromatic carbocycles. The molecule has 216 valence electrons. The second kappa shape index (κ2) is 23.5. The highest BCUT2D eigenvalue weighted by Gasteiger charge is 1.88. The summed E-state index contributed by atoms with van der Waals surface area (Å²) in [5, 5.41) is 0. The summed E-state index contributed by atoms with van der Waals surface area (Å²) in [5.74, 6) is 0. The Kier molecular flexibility index (Phi) is 21.5. The summed E-state index contributed by atoms with van der Waals surface area (Å²) in [4.78, 5) is 0. The fourth-order valence-corrected chi connectivity index (χ4v) is 3.41. The topological polar surface area (TPSA) is 0 Å². The second-order valence-electron chi connectivity index (χ2n) is 11.1. The standard InChI is InChI=1S/C40H56/c1-33(2)19-13-23-37(7)27-17-31-39(9)29-15-25-35(5)21-11-12-22-36(6)26-16-30-40(10)32-18-28-38(8)24-14-20-34(3)4/h11-12,15-22,25-32H,13-14,23-24H2,1-10H3/b12-11-,25-15-,26-16+,31-17+,32-18+,35-21-,36-22+,37-27-,38-28+,39-29-,40-30+. The summed E-state index contributed by atoms with van der Waals surface area (Å²) in [7, 11) is 0. The average Bonchev–Trinajstić information content (AvgIpc) is 2.86. The van der Waals surface area contributed by atoms with Crippen LogP contribution in [0.2, 0.25) is 0 Å². The molecule has 0 unspecified atom stereocenters. The Balaban J connectivity index is 4.70. The van der Waals surface area contributed by atoms with E-state index in [4.69, 9.17) is 0 Å². The summed E-state index contributed by atoms with van der Waals surface area (Å²) in [6, 6.07) is 0. The molecule has 0 heteroatoms. The van der Waals surface area contributed by atoms with Gasteiger partial charge < -0.3 is 0 Å². The molecule has 0 aliphatic rings. The van der Waals surface area contributed by atoms with Gasteiger partial charge in [0.25, 0.3) is 0 Å². The minimum absolute atomic E-state index is 1.12. The van der Waals surface area contributed by atoms with Gasteiger partial charge in [-0.3, -0.25) is 0 Å². The van der Waals surface area contributed by atoms with Crippen LogP contribution in [0.1, 0.15) is 94.9 Å².